The molecule has 0 fully saturated rings. The van der Waals surface area contributed by atoms with Crippen LogP contribution in [0.3, 0.4) is 0 Å². The average Bonchev–Trinajstić information content (AvgIpc) is 2.45. The van der Waals surface area contributed by atoms with Crippen LogP contribution in [-0.2, 0) is 17.8 Å². The van der Waals surface area contributed by atoms with Gasteiger partial charge < -0.3 is 15.6 Å². The second kappa shape index (κ2) is 7.37. The van der Waals surface area contributed by atoms with Gasteiger partial charge in [-0.3, -0.25) is 14.9 Å². The number of benzene rings is 2. The minimum atomic E-state index is -1.02. The molecule has 0 aliphatic heterocycles. The molecule has 0 unspecified atom stereocenters. The molecular formula is C15H12Cl2N2O5. The molecule has 126 valence electrons. The second-order valence-electron chi connectivity index (χ2n) is 4.91. The molecule has 24 heavy (non-hydrogen) atoms. The van der Waals surface area contributed by atoms with Crippen molar-refractivity contribution in [2.45, 2.75) is 13.0 Å². The first-order valence-corrected chi connectivity index (χ1v) is 7.39. The van der Waals surface area contributed by atoms with Gasteiger partial charge in [-0.1, -0.05) is 23.2 Å². The normalized spacial score (nSPS) is 10.4. The van der Waals surface area contributed by atoms with Crippen molar-refractivity contribution < 1.29 is 19.6 Å². The van der Waals surface area contributed by atoms with Crippen molar-refractivity contribution in [3.05, 3.63) is 61.6 Å². The number of nitrogens with zero attached hydrogens (tertiary/aromatic N) is 1. The molecule has 0 saturated carbocycles. The van der Waals surface area contributed by atoms with E-state index >= 15 is 0 Å². The molecule has 0 aliphatic rings. The maximum absolute atomic E-state index is 10.7. The Labute approximate surface area is 146 Å². The largest absolute Gasteiger partial charge is 0.481 e. The number of nitrogen functional groups attached to an aromatic ring is 1. The van der Waals surface area contributed by atoms with Crippen molar-refractivity contribution in [3.63, 3.8) is 0 Å². The Morgan fingerprint density at radius 1 is 1.25 bits per heavy atom. The number of ether oxygens (including phenoxy) is 1. The monoisotopic (exact) mass is 370 g/mol. The SMILES string of the molecule is Nc1ccc(Oc2c(Cl)cc(CC(=O)O)cc2Cl)cc1C[N+](=O)[O-]. The second-order valence-corrected chi connectivity index (χ2v) is 5.73. The number of carbonyl (C=O) groups is 1. The topological polar surface area (TPSA) is 116 Å². The molecule has 0 spiro atoms. The Kier molecular flexibility index (Phi) is 5.48. The van der Waals surface area contributed by atoms with Gasteiger partial charge in [0.25, 0.3) is 0 Å². The van der Waals surface area contributed by atoms with Gasteiger partial charge in [-0.25, -0.2) is 0 Å². The van der Waals surface area contributed by atoms with Crippen LogP contribution in [0.1, 0.15) is 11.1 Å². The summed E-state index contributed by atoms with van der Waals surface area (Å²) in [5.74, 6) is -0.612. The number of halogens is 2. The molecular weight excluding hydrogens is 359 g/mol. The molecule has 2 aromatic carbocycles. The highest BCUT2D eigenvalue weighted by Gasteiger charge is 2.14. The lowest BCUT2D eigenvalue weighted by atomic mass is 10.1. The molecule has 9 heteroatoms. The Morgan fingerprint density at radius 3 is 2.42 bits per heavy atom. The van der Waals surface area contributed by atoms with Crippen LogP contribution >= 0.6 is 23.2 Å². The van der Waals surface area contributed by atoms with Gasteiger partial charge in [0.15, 0.2) is 5.75 Å². The number of nitro groups is 1. The van der Waals surface area contributed by atoms with E-state index < -0.39 is 17.4 Å². The number of anilines is 1. The Bertz CT molecular complexity index is 787. The van der Waals surface area contributed by atoms with Crippen molar-refractivity contribution in [1.29, 1.82) is 0 Å². The van der Waals surface area contributed by atoms with Gasteiger partial charge in [0.05, 0.1) is 16.5 Å². The molecule has 2 aromatic rings. The third kappa shape index (κ3) is 4.50. The maximum atomic E-state index is 10.7. The summed E-state index contributed by atoms with van der Waals surface area (Å²) < 4.78 is 5.59. The molecule has 3 N–H and O–H groups in total. The first-order valence-electron chi connectivity index (χ1n) is 6.64. The predicted octanol–water partition coefficient (Wildman–Crippen LogP) is 3.77. The minimum absolute atomic E-state index is 0.129. The Balaban J connectivity index is 2.31. The van der Waals surface area contributed by atoms with Gasteiger partial charge in [-0.2, -0.15) is 0 Å². The zero-order valence-corrected chi connectivity index (χ0v) is 13.7. The van der Waals surface area contributed by atoms with E-state index in [2.05, 4.69) is 0 Å². The summed E-state index contributed by atoms with van der Waals surface area (Å²) in [6.45, 7) is -0.442. The fourth-order valence-electron chi connectivity index (χ4n) is 2.03. The van der Waals surface area contributed by atoms with Crippen LogP contribution in [0, 0.1) is 10.1 Å². The molecule has 0 heterocycles. The van der Waals surface area contributed by atoms with E-state index in [4.69, 9.17) is 38.8 Å². The van der Waals surface area contributed by atoms with Crippen molar-refractivity contribution >= 4 is 34.9 Å². The van der Waals surface area contributed by atoms with Gasteiger partial charge in [-0.05, 0) is 35.9 Å². The van der Waals surface area contributed by atoms with Gasteiger partial charge >= 0.3 is 5.97 Å². The average molecular weight is 371 g/mol. The van der Waals surface area contributed by atoms with E-state index in [9.17, 15) is 14.9 Å². The van der Waals surface area contributed by atoms with Crippen LogP contribution in [0.25, 0.3) is 0 Å². The van der Waals surface area contributed by atoms with E-state index in [1.807, 2.05) is 0 Å². The summed E-state index contributed by atoms with van der Waals surface area (Å²) in [5, 5.41) is 19.7. The number of aliphatic carboxylic acids is 1. The quantitative estimate of drug-likeness (QED) is 0.454. The molecule has 0 bridgehead atoms. The van der Waals surface area contributed by atoms with E-state index in [1.165, 1.54) is 30.3 Å². The lowest BCUT2D eigenvalue weighted by Gasteiger charge is -2.12. The van der Waals surface area contributed by atoms with E-state index in [-0.39, 0.29) is 33.7 Å². The van der Waals surface area contributed by atoms with Gasteiger partial charge in [0.1, 0.15) is 5.75 Å². The van der Waals surface area contributed by atoms with Crippen molar-refractivity contribution in [2.75, 3.05) is 5.73 Å². The molecule has 0 radical (unpaired) electrons. The van der Waals surface area contributed by atoms with E-state index in [1.54, 1.807) is 0 Å². The van der Waals surface area contributed by atoms with Crippen molar-refractivity contribution in [3.8, 4) is 11.5 Å². The summed E-state index contributed by atoms with van der Waals surface area (Å²) >= 11 is 12.2. The first-order chi connectivity index (χ1) is 11.3. The van der Waals surface area contributed by atoms with E-state index in [0.29, 0.717) is 11.1 Å². The predicted molar refractivity (Wildman–Crippen MR) is 89.4 cm³/mol. The van der Waals surface area contributed by atoms with Crippen molar-refractivity contribution in [2.24, 2.45) is 0 Å². The van der Waals surface area contributed by atoms with Crippen molar-refractivity contribution in [1.82, 2.24) is 0 Å². The van der Waals surface area contributed by atoms with Gasteiger partial charge in [0.2, 0.25) is 6.54 Å². The summed E-state index contributed by atoms with van der Waals surface area (Å²) in [5.41, 5.74) is 6.69. The fraction of sp³-hybridized carbons (Fsp3) is 0.133. The lowest BCUT2D eigenvalue weighted by Crippen LogP contribution is -2.03. The smallest absolute Gasteiger partial charge is 0.307 e. The lowest BCUT2D eigenvalue weighted by molar-refractivity contribution is -0.496. The molecule has 0 saturated heterocycles. The third-order valence-corrected chi connectivity index (χ3v) is 3.61. The molecule has 0 atom stereocenters. The fourth-order valence-corrected chi connectivity index (χ4v) is 2.64. The van der Waals surface area contributed by atoms with E-state index in [0.717, 1.165) is 0 Å². The number of carboxylic acid groups (broad SMARTS) is 1. The summed E-state index contributed by atoms with van der Waals surface area (Å²) in [7, 11) is 0. The summed E-state index contributed by atoms with van der Waals surface area (Å²) in [6, 6.07) is 7.31. The summed E-state index contributed by atoms with van der Waals surface area (Å²) in [4.78, 5) is 20.9. The Hall–Kier alpha value is -2.51. The highest BCUT2D eigenvalue weighted by atomic mass is 35.5. The molecule has 0 aromatic heterocycles. The first kappa shape index (κ1) is 17.8. The maximum Gasteiger partial charge on any atom is 0.307 e. The molecule has 2 rings (SSSR count). The zero-order chi connectivity index (χ0) is 17.9. The van der Waals surface area contributed by atoms with Crippen LogP contribution in [0.4, 0.5) is 5.69 Å². The van der Waals surface area contributed by atoms with Crippen LogP contribution < -0.4 is 10.5 Å². The zero-order valence-electron chi connectivity index (χ0n) is 12.2. The Morgan fingerprint density at radius 2 is 1.88 bits per heavy atom. The number of rotatable bonds is 6. The van der Waals surface area contributed by atoms with Crippen LogP contribution in [0.5, 0.6) is 11.5 Å². The minimum Gasteiger partial charge on any atom is -0.481 e. The summed E-state index contributed by atoms with van der Waals surface area (Å²) in [6.07, 6.45) is -0.228. The number of hydrogen-bond acceptors (Lipinski definition) is 5. The number of hydrogen-bond donors (Lipinski definition) is 2. The molecule has 0 amide bonds. The molecule has 7 nitrogen and oxygen atoms in total. The van der Waals surface area contributed by atoms with Crippen LogP contribution in [0.15, 0.2) is 30.3 Å². The highest BCUT2D eigenvalue weighted by molar-refractivity contribution is 6.37. The van der Waals surface area contributed by atoms with Gasteiger partial charge in [-0.15, -0.1) is 0 Å². The molecule has 0 aliphatic carbocycles. The number of carboxylic acids is 1. The van der Waals surface area contributed by atoms with Crippen LogP contribution in [0.2, 0.25) is 10.0 Å². The van der Waals surface area contributed by atoms with Crippen LogP contribution in [-0.4, -0.2) is 16.0 Å². The highest BCUT2D eigenvalue weighted by Crippen LogP contribution is 2.38. The standard InChI is InChI=1S/C15H12Cl2N2O5/c16-11-3-8(5-14(20)21)4-12(17)15(11)24-10-1-2-13(18)9(6-10)7-19(22)23/h1-4,6H,5,7,18H2,(H,20,21). The van der Waals surface area contributed by atoms with Gasteiger partial charge in [0, 0.05) is 16.2 Å². The number of nitrogens with two attached hydrogens (primary N) is 1. The third-order valence-electron chi connectivity index (χ3n) is 3.05.